The Morgan fingerprint density at radius 2 is 1.96 bits per heavy atom. The second-order valence-electron chi connectivity index (χ2n) is 7.75. The molecule has 0 aliphatic carbocycles. The third-order valence-corrected chi connectivity index (χ3v) is 4.75. The van der Waals surface area contributed by atoms with E-state index in [1.54, 1.807) is 0 Å². The summed E-state index contributed by atoms with van der Waals surface area (Å²) < 4.78 is 1.95. The molecule has 0 aromatic carbocycles. The van der Waals surface area contributed by atoms with Gasteiger partial charge in [0, 0.05) is 38.5 Å². The highest BCUT2D eigenvalue weighted by molar-refractivity contribution is 5.80. The molecule has 0 amide bonds. The molecule has 1 aromatic heterocycles. The monoisotopic (exact) mass is 365 g/mol. The molecule has 2 unspecified atom stereocenters. The largest absolute Gasteiger partial charge is 0.396 e. The maximum Gasteiger partial charge on any atom is 0.191 e. The molecule has 1 aromatic rings. The maximum absolute atomic E-state index is 9.29. The van der Waals surface area contributed by atoms with Crippen LogP contribution >= 0.6 is 0 Å². The zero-order valence-corrected chi connectivity index (χ0v) is 17.8. The van der Waals surface area contributed by atoms with E-state index in [-0.39, 0.29) is 12.6 Å². The van der Waals surface area contributed by atoms with Crippen LogP contribution in [0.1, 0.15) is 57.5 Å². The van der Waals surface area contributed by atoms with Gasteiger partial charge in [-0.3, -0.25) is 9.67 Å². The Labute approximate surface area is 159 Å². The van der Waals surface area contributed by atoms with Gasteiger partial charge in [0.15, 0.2) is 5.96 Å². The Balaban J connectivity index is 2.72. The Hall–Kier alpha value is -1.56. The van der Waals surface area contributed by atoms with Gasteiger partial charge in [0.25, 0.3) is 0 Å². The van der Waals surface area contributed by atoms with Crippen LogP contribution in [0.15, 0.2) is 4.99 Å². The molecular formula is C20H39N5O. The molecule has 0 aliphatic rings. The summed E-state index contributed by atoms with van der Waals surface area (Å²) in [6.07, 6.45) is 2.82. The molecule has 1 heterocycles. The minimum absolute atomic E-state index is 0.229. The second-order valence-corrected chi connectivity index (χ2v) is 7.75. The van der Waals surface area contributed by atoms with E-state index in [4.69, 9.17) is 4.99 Å². The Bertz CT molecular complexity index is 565. The lowest BCUT2D eigenvalue weighted by atomic mass is 9.94. The SMILES string of the molecule is CCNC(=NCC(CCO)CC(C)C)NC(C)Cc1c(C)nn(C)c1C. The molecule has 6 heteroatoms. The van der Waals surface area contributed by atoms with Crippen molar-refractivity contribution in [1.82, 2.24) is 20.4 Å². The van der Waals surface area contributed by atoms with Crippen LogP contribution in [0, 0.1) is 25.7 Å². The lowest BCUT2D eigenvalue weighted by molar-refractivity contribution is 0.245. The molecular weight excluding hydrogens is 326 g/mol. The van der Waals surface area contributed by atoms with Crippen molar-refractivity contribution in [3.63, 3.8) is 0 Å². The Morgan fingerprint density at radius 1 is 1.27 bits per heavy atom. The zero-order chi connectivity index (χ0) is 19.7. The lowest BCUT2D eigenvalue weighted by Gasteiger charge is -2.20. The van der Waals surface area contributed by atoms with Gasteiger partial charge in [-0.15, -0.1) is 0 Å². The molecule has 2 atom stereocenters. The number of aliphatic imine (C=N–C) groups is 1. The summed E-state index contributed by atoms with van der Waals surface area (Å²) in [6, 6.07) is 0.260. The summed E-state index contributed by atoms with van der Waals surface area (Å²) in [6.45, 7) is 14.7. The summed E-state index contributed by atoms with van der Waals surface area (Å²) in [7, 11) is 1.99. The van der Waals surface area contributed by atoms with Gasteiger partial charge in [-0.25, -0.2) is 0 Å². The van der Waals surface area contributed by atoms with Crippen molar-refractivity contribution >= 4 is 5.96 Å². The number of rotatable bonds is 10. The van der Waals surface area contributed by atoms with Crippen molar-refractivity contribution < 1.29 is 5.11 Å². The predicted molar refractivity (Wildman–Crippen MR) is 110 cm³/mol. The highest BCUT2D eigenvalue weighted by atomic mass is 16.3. The van der Waals surface area contributed by atoms with Gasteiger partial charge in [-0.1, -0.05) is 13.8 Å². The first kappa shape index (κ1) is 22.5. The van der Waals surface area contributed by atoms with Gasteiger partial charge in [0.1, 0.15) is 0 Å². The van der Waals surface area contributed by atoms with Crippen LogP contribution in [-0.4, -0.2) is 46.6 Å². The average molecular weight is 366 g/mol. The van der Waals surface area contributed by atoms with Crippen LogP contribution in [0.4, 0.5) is 0 Å². The number of hydrogen-bond donors (Lipinski definition) is 3. The summed E-state index contributed by atoms with van der Waals surface area (Å²) in [5.74, 6) is 1.90. The van der Waals surface area contributed by atoms with Crippen molar-refractivity contribution in [2.24, 2.45) is 23.9 Å². The molecule has 26 heavy (non-hydrogen) atoms. The standard InChI is InChI=1S/C20H39N5O/c1-8-21-20(22-13-18(9-10-26)11-14(2)3)23-15(4)12-19-16(5)24-25(7)17(19)6/h14-15,18,26H,8-13H2,1-7H3,(H2,21,22,23). The fraction of sp³-hybridized carbons (Fsp3) is 0.800. The van der Waals surface area contributed by atoms with E-state index in [0.29, 0.717) is 11.8 Å². The van der Waals surface area contributed by atoms with Crippen molar-refractivity contribution in [3.05, 3.63) is 17.0 Å². The minimum atomic E-state index is 0.229. The van der Waals surface area contributed by atoms with Crippen LogP contribution < -0.4 is 10.6 Å². The van der Waals surface area contributed by atoms with E-state index >= 15 is 0 Å². The summed E-state index contributed by atoms with van der Waals surface area (Å²) >= 11 is 0. The molecule has 3 N–H and O–H groups in total. The highest BCUT2D eigenvalue weighted by Crippen LogP contribution is 2.16. The average Bonchev–Trinajstić information content (AvgIpc) is 2.78. The van der Waals surface area contributed by atoms with E-state index in [2.05, 4.69) is 57.3 Å². The first-order valence-electron chi connectivity index (χ1n) is 9.93. The lowest BCUT2D eigenvalue weighted by Crippen LogP contribution is -2.43. The van der Waals surface area contributed by atoms with Crippen LogP contribution in [-0.2, 0) is 13.5 Å². The molecule has 0 fully saturated rings. The number of aryl methyl sites for hydroxylation is 2. The van der Waals surface area contributed by atoms with Crippen LogP contribution in [0.5, 0.6) is 0 Å². The molecule has 0 saturated carbocycles. The number of nitrogens with one attached hydrogen (secondary N) is 2. The zero-order valence-electron chi connectivity index (χ0n) is 17.8. The smallest absolute Gasteiger partial charge is 0.191 e. The highest BCUT2D eigenvalue weighted by Gasteiger charge is 2.15. The molecule has 0 bridgehead atoms. The van der Waals surface area contributed by atoms with E-state index in [9.17, 15) is 5.11 Å². The van der Waals surface area contributed by atoms with Crippen molar-refractivity contribution in [1.29, 1.82) is 0 Å². The third-order valence-electron chi connectivity index (χ3n) is 4.75. The number of nitrogens with zero attached hydrogens (tertiary/aromatic N) is 3. The first-order valence-corrected chi connectivity index (χ1v) is 9.93. The Morgan fingerprint density at radius 3 is 2.46 bits per heavy atom. The number of hydrogen-bond acceptors (Lipinski definition) is 3. The maximum atomic E-state index is 9.29. The normalized spacial score (nSPS) is 14.6. The van der Waals surface area contributed by atoms with E-state index < -0.39 is 0 Å². The topological polar surface area (TPSA) is 74.5 Å². The van der Waals surface area contributed by atoms with E-state index in [0.717, 1.165) is 44.0 Å². The Kier molecular flexibility index (Phi) is 9.70. The number of aliphatic hydroxyl groups excluding tert-OH is 1. The van der Waals surface area contributed by atoms with Gasteiger partial charge in [0.2, 0.25) is 0 Å². The van der Waals surface area contributed by atoms with Crippen molar-refractivity contribution in [2.75, 3.05) is 19.7 Å². The van der Waals surface area contributed by atoms with Gasteiger partial charge in [-0.05, 0) is 64.4 Å². The van der Waals surface area contributed by atoms with Gasteiger partial charge in [0.05, 0.1) is 5.69 Å². The summed E-state index contributed by atoms with van der Waals surface area (Å²) in [5, 5.41) is 20.7. The molecule has 0 spiro atoms. The van der Waals surface area contributed by atoms with Crippen LogP contribution in [0.3, 0.4) is 0 Å². The first-order chi connectivity index (χ1) is 12.3. The van der Waals surface area contributed by atoms with E-state index in [1.165, 1.54) is 11.3 Å². The predicted octanol–water partition coefficient (Wildman–Crippen LogP) is 2.57. The minimum Gasteiger partial charge on any atom is -0.396 e. The van der Waals surface area contributed by atoms with E-state index in [1.807, 2.05) is 11.7 Å². The fourth-order valence-electron chi connectivity index (χ4n) is 3.38. The summed E-state index contributed by atoms with van der Waals surface area (Å²) in [5.41, 5.74) is 3.62. The number of aliphatic hydroxyl groups is 1. The van der Waals surface area contributed by atoms with Crippen LogP contribution in [0.25, 0.3) is 0 Å². The molecule has 1 rings (SSSR count). The number of guanidine groups is 1. The number of aromatic nitrogens is 2. The molecule has 0 aliphatic heterocycles. The quantitative estimate of drug-likeness (QED) is 0.440. The molecule has 150 valence electrons. The molecule has 6 nitrogen and oxygen atoms in total. The third kappa shape index (κ3) is 7.36. The van der Waals surface area contributed by atoms with Crippen molar-refractivity contribution in [2.45, 2.75) is 66.8 Å². The van der Waals surface area contributed by atoms with Gasteiger partial charge in [-0.2, -0.15) is 5.10 Å². The van der Waals surface area contributed by atoms with Gasteiger partial charge >= 0.3 is 0 Å². The molecule has 0 radical (unpaired) electrons. The summed E-state index contributed by atoms with van der Waals surface area (Å²) in [4.78, 5) is 4.78. The van der Waals surface area contributed by atoms with Gasteiger partial charge < -0.3 is 15.7 Å². The van der Waals surface area contributed by atoms with Crippen molar-refractivity contribution in [3.8, 4) is 0 Å². The fourth-order valence-corrected chi connectivity index (χ4v) is 3.38. The molecule has 0 saturated heterocycles. The second kappa shape index (κ2) is 11.2. The van der Waals surface area contributed by atoms with Crippen LogP contribution in [0.2, 0.25) is 0 Å².